The summed E-state index contributed by atoms with van der Waals surface area (Å²) in [6.07, 6.45) is 6.72. The van der Waals surface area contributed by atoms with Crippen LogP contribution in [0.5, 0.6) is 0 Å². The smallest absolute Gasteiger partial charge is 0.339 e. The SMILES string of the molecule is C/C=C(/C(=O)OC)C(=NC(Cl)CC)c1cn2c3c(cccc13)CCC2. The first-order valence-electron chi connectivity index (χ1n) is 8.68. The van der Waals surface area contributed by atoms with Gasteiger partial charge < -0.3 is 9.30 Å². The Kier molecular flexibility index (Phi) is 5.28. The van der Waals surface area contributed by atoms with Gasteiger partial charge in [-0.05, 0) is 31.7 Å². The number of benzene rings is 1. The second-order valence-electron chi connectivity index (χ2n) is 6.17. The molecule has 5 heteroatoms. The molecule has 25 heavy (non-hydrogen) atoms. The molecule has 0 saturated carbocycles. The molecule has 4 nitrogen and oxygen atoms in total. The lowest BCUT2D eigenvalue weighted by Gasteiger charge is -2.14. The number of hydrogen-bond donors (Lipinski definition) is 0. The van der Waals surface area contributed by atoms with Gasteiger partial charge in [-0.2, -0.15) is 0 Å². The first-order valence-corrected chi connectivity index (χ1v) is 9.12. The number of ether oxygens (including phenoxy) is 1. The van der Waals surface area contributed by atoms with Gasteiger partial charge in [0.2, 0.25) is 0 Å². The van der Waals surface area contributed by atoms with Crippen molar-refractivity contribution in [3.8, 4) is 0 Å². The molecule has 1 aliphatic rings. The molecule has 1 aromatic heterocycles. The highest BCUT2D eigenvalue weighted by Crippen LogP contribution is 2.31. The van der Waals surface area contributed by atoms with E-state index < -0.39 is 5.97 Å². The van der Waals surface area contributed by atoms with E-state index in [9.17, 15) is 4.79 Å². The summed E-state index contributed by atoms with van der Waals surface area (Å²) in [6, 6.07) is 6.33. The molecule has 1 aromatic carbocycles. The lowest BCUT2D eigenvalue weighted by atomic mass is 9.98. The number of nitrogens with zero attached hydrogens (tertiary/aromatic N) is 2. The minimum Gasteiger partial charge on any atom is -0.465 e. The Balaban J connectivity index is 2.25. The van der Waals surface area contributed by atoms with Gasteiger partial charge in [-0.1, -0.05) is 42.8 Å². The van der Waals surface area contributed by atoms with Crippen molar-refractivity contribution in [3.63, 3.8) is 0 Å². The van der Waals surface area contributed by atoms with Gasteiger partial charge in [-0.3, -0.25) is 4.99 Å². The number of carbonyl (C=O) groups is 1. The van der Waals surface area contributed by atoms with E-state index >= 15 is 0 Å². The van der Waals surface area contributed by atoms with Crippen molar-refractivity contribution < 1.29 is 9.53 Å². The van der Waals surface area contributed by atoms with Gasteiger partial charge in [0, 0.05) is 23.7 Å². The minimum atomic E-state index is -0.395. The molecular formula is C20H23ClN2O2. The maximum absolute atomic E-state index is 12.3. The molecule has 0 radical (unpaired) electrons. The predicted octanol–water partition coefficient (Wildman–Crippen LogP) is 4.47. The number of hydrogen-bond acceptors (Lipinski definition) is 3. The van der Waals surface area contributed by atoms with Crippen LogP contribution in [0.2, 0.25) is 0 Å². The fourth-order valence-corrected chi connectivity index (χ4v) is 3.52. The van der Waals surface area contributed by atoms with E-state index in [1.807, 2.05) is 13.8 Å². The molecule has 0 saturated heterocycles. The third-order valence-electron chi connectivity index (χ3n) is 4.64. The fourth-order valence-electron chi connectivity index (χ4n) is 3.42. The van der Waals surface area contributed by atoms with Crippen LogP contribution in [0.25, 0.3) is 10.9 Å². The van der Waals surface area contributed by atoms with Gasteiger partial charge in [0.05, 0.1) is 23.9 Å². The maximum Gasteiger partial charge on any atom is 0.339 e. The Morgan fingerprint density at radius 3 is 2.96 bits per heavy atom. The Morgan fingerprint density at radius 2 is 2.28 bits per heavy atom. The highest BCUT2D eigenvalue weighted by molar-refractivity contribution is 6.31. The monoisotopic (exact) mass is 358 g/mol. The number of allylic oxidation sites excluding steroid dienone is 1. The first-order chi connectivity index (χ1) is 12.1. The van der Waals surface area contributed by atoms with Gasteiger partial charge in [-0.25, -0.2) is 4.79 Å². The number of aliphatic imine (C=N–C) groups is 1. The van der Waals surface area contributed by atoms with Gasteiger partial charge >= 0.3 is 5.97 Å². The number of aryl methyl sites for hydroxylation is 2. The first kappa shape index (κ1) is 17.7. The summed E-state index contributed by atoms with van der Waals surface area (Å²) in [5.41, 5.74) is 4.19. The summed E-state index contributed by atoms with van der Waals surface area (Å²) in [7, 11) is 1.39. The van der Waals surface area contributed by atoms with Crippen molar-refractivity contribution in [3.05, 3.63) is 47.2 Å². The van der Waals surface area contributed by atoms with Crippen molar-refractivity contribution in [1.29, 1.82) is 0 Å². The predicted molar refractivity (Wildman–Crippen MR) is 103 cm³/mol. The van der Waals surface area contributed by atoms with Gasteiger partial charge in [0.1, 0.15) is 5.50 Å². The van der Waals surface area contributed by atoms with Crippen molar-refractivity contribution in [2.24, 2.45) is 4.99 Å². The number of methoxy groups -OCH3 is 1. The quantitative estimate of drug-likeness (QED) is 0.260. The fraction of sp³-hybridized carbons (Fsp3) is 0.400. The van der Waals surface area contributed by atoms with Crippen LogP contribution in [0.4, 0.5) is 0 Å². The maximum atomic E-state index is 12.3. The molecule has 0 amide bonds. The summed E-state index contributed by atoms with van der Waals surface area (Å²) in [6.45, 7) is 4.77. The Hall–Kier alpha value is -2.07. The number of rotatable bonds is 5. The van der Waals surface area contributed by atoms with Crippen molar-refractivity contribution >= 4 is 34.2 Å². The highest BCUT2D eigenvalue weighted by atomic mass is 35.5. The third-order valence-corrected chi connectivity index (χ3v) is 5.04. The zero-order chi connectivity index (χ0) is 18.0. The van der Waals surface area contributed by atoms with Gasteiger partial charge in [-0.15, -0.1) is 0 Å². The van der Waals surface area contributed by atoms with Crippen LogP contribution in [0.3, 0.4) is 0 Å². The highest BCUT2D eigenvalue weighted by Gasteiger charge is 2.24. The summed E-state index contributed by atoms with van der Waals surface area (Å²) in [4.78, 5) is 17.0. The number of aromatic nitrogens is 1. The van der Waals surface area contributed by atoms with Crippen LogP contribution in [0.1, 0.15) is 37.8 Å². The average molecular weight is 359 g/mol. The van der Waals surface area contributed by atoms with E-state index in [0.717, 1.165) is 30.3 Å². The molecular weight excluding hydrogens is 336 g/mol. The molecule has 1 atom stereocenters. The van der Waals surface area contributed by atoms with Crippen LogP contribution < -0.4 is 0 Å². The number of alkyl halides is 1. The minimum absolute atomic E-state index is 0.388. The van der Waals surface area contributed by atoms with E-state index in [1.165, 1.54) is 18.2 Å². The zero-order valence-corrected chi connectivity index (χ0v) is 15.6. The number of carbonyl (C=O) groups excluding carboxylic acids is 1. The van der Waals surface area contributed by atoms with E-state index in [1.54, 1.807) is 6.08 Å². The average Bonchev–Trinajstić information content (AvgIpc) is 3.02. The summed E-state index contributed by atoms with van der Waals surface area (Å²) < 4.78 is 7.23. The number of esters is 1. The topological polar surface area (TPSA) is 43.6 Å². The molecule has 132 valence electrons. The van der Waals surface area contributed by atoms with Gasteiger partial charge in [0.25, 0.3) is 0 Å². The standard InChI is InChI=1S/C20H23ClN2O2/c1-4-14(20(24)25-3)18(22-17(21)5-2)16-12-23-11-7-9-13-8-6-10-15(16)19(13)23/h4,6,8,10,12,17H,5,7,9,11H2,1-3H3/b14-4+,22-18?. The molecule has 1 unspecified atom stereocenters. The van der Waals surface area contributed by atoms with Crippen LogP contribution in [-0.4, -0.2) is 28.9 Å². The molecule has 0 spiro atoms. The Labute approximate surface area is 153 Å². The molecule has 0 fully saturated rings. The van der Waals surface area contributed by atoms with Crippen molar-refractivity contribution in [2.45, 2.75) is 45.2 Å². The molecule has 0 aliphatic carbocycles. The van der Waals surface area contributed by atoms with Crippen molar-refractivity contribution in [2.75, 3.05) is 7.11 Å². The Bertz CT molecular complexity index is 864. The second-order valence-corrected chi connectivity index (χ2v) is 6.67. The summed E-state index contributed by atoms with van der Waals surface area (Å²) in [5, 5.41) is 1.11. The number of halogens is 1. The van der Waals surface area contributed by atoms with Crippen LogP contribution in [0, 0.1) is 0 Å². The molecule has 1 aliphatic heterocycles. The van der Waals surface area contributed by atoms with Crippen LogP contribution >= 0.6 is 11.6 Å². The van der Waals surface area contributed by atoms with E-state index in [2.05, 4.69) is 34.0 Å². The van der Waals surface area contributed by atoms with E-state index in [-0.39, 0.29) is 5.50 Å². The van der Waals surface area contributed by atoms with Crippen LogP contribution in [0.15, 0.2) is 41.0 Å². The molecule has 3 rings (SSSR count). The summed E-state index contributed by atoms with van der Waals surface area (Å²) in [5.74, 6) is -0.395. The molecule has 0 bridgehead atoms. The summed E-state index contributed by atoms with van der Waals surface area (Å²) >= 11 is 6.32. The lowest BCUT2D eigenvalue weighted by Crippen LogP contribution is -2.17. The van der Waals surface area contributed by atoms with E-state index in [4.69, 9.17) is 16.3 Å². The second kappa shape index (κ2) is 7.44. The number of para-hydroxylation sites is 1. The molecule has 0 N–H and O–H groups in total. The zero-order valence-electron chi connectivity index (χ0n) is 14.9. The normalized spacial score (nSPS) is 16.2. The van der Waals surface area contributed by atoms with Crippen LogP contribution in [-0.2, 0) is 22.5 Å². The Morgan fingerprint density at radius 1 is 1.48 bits per heavy atom. The van der Waals surface area contributed by atoms with Gasteiger partial charge in [0.15, 0.2) is 0 Å². The van der Waals surface area contributed by atoms with E-state index in [0.29, 0.717) is 17.7 Å². The molecule has 2 heterocycles. The third kappa shape index (κ3) is 3.23. The largest absolute Gasteiger partial charge is 0.465 e. The molecule has 2 aromatic rings. The van der Waals surface area contributed by atoms with Crippen molar-refractivity contribution in [1.82, 2.24) is 4.57 Å². The lowest BCUT2D eigenvalue weighted by molar-refractivity contribution is -0.135.